The monoisotopic (exact) mass is 249 g/mol. The van der Waals surface area contributed by atoms with E-state index in [2.05, 4.69) is 19.2 Å². The minimum Gasteiger partial charge on any atom is -0.326 e. The van der Waals surface area contributed by atoms with Gasteiger partial charge < -0.3 is 16.0 Å². The van der Waals surface area contributed by atoms with Crippen molar-refractivity contribution in [2.24, 2.45) is 5.73 Å². The van der Waals surface area contributed by atoms with Gasteiger partial charge in [-0.1, -0.05) is 26.0 Å². The maximum atomic E-state index is 12.0. The van der Waals surface area contributed by atoms with Gasteiger partial charge in [0.25, 0.3) is 0 Å². The van der Waals surface area contributed by atoms with Crippen LogP contribution in [0, 0.1) is 0 Å². The van der Waals surface area contributed by atoms with Gasteiger partial charge in [-0.25, -0.2) is 4.79 Å². The third kappa shape index (κ3) is 3.74. The Kier molecular flexibility index (Phi) is 5.65. The fourth-order valence-electron chi connectivity index (χ4n) is 1.94. The van der Waals surface area contributed by atoms with E-state index < -0.39 is 0 Å². The van der Waals surface area contributed by atoms with E-state index in [0.29, 0.717) is 6.54 Å². The second-order valence-electron chi connectivity index (χ2n) is 4.41. The first-order chi connectivity index (χ1) is 8.62. The summed E-state index contributed by atoms with van der Waals surface area (Å²) in [6.07, 6.45) is 1.93. The van der Waals surface area contributed by atoms with E-state index in [9.17, 15) is 4.79 Å². The molecule has 0 aromatic heterocycles. The summed E-state index contributed by atoms with van der Waals surface area (Å²) in [4.78, 5) is 13.8. The van der Waals surface area contributed by atoms with Gasteiger partial charge in [-0.15, -0.1) is 0 Å². The first kappa shape index (κ1) is 14.5. The van der Waals surface area contributed by atoms with Crippen molar-refractivity contribution in [3.8, 4) is 0 Å². The lowest BCUT2D eigenvalue weighted by atomic mass is 10.1. The molecule has 18 heavy (non-hydrogen) atoms. The Labute approximate surface area is 109 Å². The van der Waals surface area contributed by atoms with Crippen LogP contribution in [-0.4, -0.2) is 24.0 Å². The Morgan fingerprint density at radius 3 is 2.28 bits per heavy atom. The smallest absolute Gasteiger partial charge is 0.321 e. The molecule has 1 rings (SSSR count). The van der Waals surface area contributed by atoms with Crippen LogP contribution in [0.3, 0.4) is 0 Å². The molecule has 0 atom stereocenters. The molecule has 0 saturated heterocycles. The summed E-state index contributed by atoms with van der Waals surface area (Å²) in [6, 6.07) is 7.82. The predicted octanol–water partition coefficient (Wildman–Crippen LogP) is 2.80. The van der Waals surface area contributed by atoms with E-state index in [1.807, 2.05) is 31.3 Å². The van der Waals surface area contributed by atoms with Crippen LogP contribution < -0.4 is 11.1 Å². The van der Waals surface area contributed by atoms with Crippen molar-refractivity contribution in [1.29, 1.82) is 0 Å². The number of benzene rings is 1. The van der Waals surface area contributed by atoms with Crippen LogP contribution in [0.1, 0.15) is 32.3 Å². The second-order valence-corrected chi connectivity index (χ2v) is 4.41. The maximum Gasteiger partial charge on any atom is 0.321 e. The Morgan fingerprint density at radius 1 is 1.28 bits per heavy atom. The molecule has 4 heteroatoms. The Hall–Kier alpha value is -1.55. The number of anilines is 1. The maximum absolute atomic E-state index is 12.0. The van der Waals surface area contributed by atoms with Gasteiger partial charge in [0.1, 0.15) is 0 Å². The highest BCUT2D eigenvalue weighted by atomic mass is 16.2. The van der Waals surface area contributed by atoms with Crippen LogP contribution in [0.15, 0.2) is 24.3 Å². The molecule has 2 amide bonds. The minimum atomic E-state index is -0.0656. The summed E-state index contributed by atoms with van der Waals surface area (Å²) in [5, 5.41) is 2.89. The van der Waals surface area contributed by atoms with Gasteiger partial charge in [0, 0.05) is 25.3 Å². The lowest BCUT2D eigenvalue weighted by Crippen LogP contribution is -2.39. The zero-order valence-corrected chi connectivity index (χ0v) is 11.4. The van der Waals surface area contributed by atoms with E-state index in [1.165, 1.54) is 0 Å². The van der Waals surface area contributed by atoms with Gasteiger partial charge in [0.2, 0.25) is 0 Å². The SMILES string of the molecule is CCC(CC)N(C)C(=O)Nc1ccc(CN)cc1. The first-order valence-electron chi connectivity index (χ1n) is 6.45. The van der Waals surface area contributed by atoms with Crippen LogP contribution in [0.5, 0.6) is 0 Å². The topological polar surface area (TPSA) is 58.4 Å². The summed E-state index contributed by atoms with van der Waals surface area (Å²) in [5.41, 5.74) is 7.39. The third-order valence-electron chi connectivity index (χ3n) is 3.25. The van der Waals surface area contributed by atoms with Gasteiger partial charge in [0.05, 0.1) is 0 Å². The van der Waals surface area contributed by atoms with Crippen molar-refractivity contribution in [3.63, 3.8) is 0 Å². The van der Waals surface area contributed by atoms with Gasteiger partial charge >= 0.3 is 6.03 Å². The van der Waals surface area contributed by atoms with Gasteiger partial charge in [-0.05, 0) is 30.5 Å². The molecule has 3 N–H and O–H groups in total. The fraction of sp³-hybridized carbons (Fsp3) is 0.500. The number of amides is 2. The van der Waals surface area contributed by atoms with Gasteiger partial charge in [0.15, 0.2) is 0 Å². The molecule has 1 aromatic rings. The number of nitrogens with zero attached hydrogens (tertiary/aromatic N) is 1. The molecule has 0 fully saturated rings. The normalized spacial score (nSPS) is 10.5. The molecule has 0 aliphatic rings. The largest absolute Gasteiger partial charge is 0.326 e. The summed E-state index contributed by atoms with van der Waals surface area (Å²) >= 11 is 0. The molecule has 100 valence electrons. The quantitative estimate of drug-likeness (QED) is 0.843. The highest BCUT2D eigenvalue weighted by Crippen LogP contribution is 2.12. The number of hydrogen-bond donors (Lipinski definition) is 2. The number of nitrogens with two attached hydrogens (primary N) is 1. The van der Waals surface area contributed by atoms with Crippen LogP contribution in [-0.2, 0) is 6.54 Å². The lowest BCUT2D eigenvalue weighted by Gasteiger charge is -2.26. The van der Waals surface area contributed by atoms with Crippen LogP contribution in [0.2, 0.25) is 0 Å². The second kappa shape index (κ2) is 7.01. The molecule has 0 aliphatic carbocycles. The number of carbonyl (C=O) groups excluding carboxylic acids is 1. The molecule has 0 saturated carbocycles. The van der Waals surface area contributed by atoms with Crippen molar-refractivity contribution in [3.05, 3.63) is 29.8 Å². The number of rotatable bonds is 5. The third-order valence-corrected chi connectivity index (χ3v) is 3.25. The first-order valence-corrected chi connectivity index (χ1v) is 6.45. The summed E-state index contributed by atoms with van der Waals surface area (Å²) in [6.45, 7) is 4.70. The molecule has 0 radical (unpaired) electrons. The summed E-state index contributed by atoms with van der Waals surface area (Å²) in [5.74, 6) is 0. The number of nitrogens with one attached hydrogen (secondary N) is 1. The van der Waals surface area contributed by atoms with Crippen molar-refractivity contribution < 1.29 is 4.79 Å². The zero-order chi connectivity index (χ0) is 13.5. The zero-order valence-electron chi connectivity index (χ0n) is 11.4. The number of hydrogen-bond acceptors (Lipinski definition) is 2. The average Bonchev–Trinajstić information content (AvgIpc) is 2.40. The van der Waals surface area contributed by atoms with E-state index in [1.54, 1.807) is 4.90 Å². The highest BCUT2D eigenvalue weighted by molar-refractivity contribution is 5.89. The molecule has 0 heterocycles. The van der Waals surface area contributed by atoms with Gasteiger partial charge in [-0.2, -0.15) is 0 Å². The van der Waals surface area contributed by atoms with Crippen LogP contribution in [0.4, 0.5) is 10.5 Å². The Bertz CT molecular complexity index is 371. The van der Waals surface area contributed by atoms with E-state index in [4.69, 9.17) is 5.73 Å². The molecular formula is C14H23N3O. The van der Waals surface area contributed by atoms with Crippen LogP contribution >= 0.6 is 0 Å². The molecule has 0 spiro atoms. The molecule has 0 unspecified atom stereocenters. The van der Waals surface area contributed by atoms with E-state index in [-0.39, 0.29) is 12.1 Å². The Balaban J connectivity index is 2.62. The summed E-state index contributed by atoms with van der Waals surface area (Å²) < 4.78 is 0. The van der Waals surface area contributed by atoms with Crippen molar-refractivity contribution >= 4 is 11.7 Å². The highest BCUT2D eigenvalue weighted by Gasteiger charge is 2.16. The minimum absolute atomic E-state index is 0.0656. The van der Waals surface area contributed by atoms with E-state index >= 15 is 0 Å². The lowest BCUT2D eigenvalue weighted by molar-refractivity contribution is 0.200. The van der Waals surface area contributed by atoms with Crippen LogP contribution in [0.25, 0.3) is 0 Å². The fourth-order valence-corrected chi connectivity index (χ4v) is 1.94. The van der Waals surface area contributed by atoms with E-state index in [0.717, 1.165) is 24.1 Å². The van der Waals surface area contributed by atoms with Crippen molar-refractivity contribution in [1.82, 2.24) is 4.90 Å². The standard InChI is InChI=1S/C14H23N3O/c1-4-13(5-2)17(3)14(18)16-12-8-6-11(10-15)7-9-12/h6-9,13H,4-5,10,15H2,1-3H3,(H,16,18). The number of carbonyl (C=O) groups is 1. The Morgan fingerprint density at radius 2 is 1.83 bits per heavy atom. The van der Waals surface area contributed by atoms with Gasteiger partial charge in [-0.3, -0.25) is 0 Å². The molecule has 0 bridgehead atoms. The molecule has 1 aromatic carbocycles. The molecule has 0 aliphatic heterocycles. The van der Waals surface area contributed by atoms with Crippen molar-refractivity contribution in [2.75, 3.05) is 12.4 Å². The number of urea groups is 1. The summed E-state index contributed by atoms with van der Waals surface area (Å²) in [7, 11) is 1.83. The average molecular weight is 249 g/mol. The molecular weight excluding hydrogens is 226 g/mol. The predicted molar refractivity (Wildman–Crippen MR) is 75.5 cm³/mol. The van der Waals surface area contributed by atoms with Crippen molar-refractivity contribution in [2.45, 2.75) is 39.3 Å². The molecule has 4 nitrogen and oxygen atoms in total.